The molecular formula is C14H12N4O5S. The first kappa shape index (κ1) is 15.7. The molecule has 2 N–H and O–H groups in total. The van der Waals surface area contributed by atoms with Crippen molar-refractivity contribution in [3.05, 3.63) is 52.2 Å². The average molecular weight is 348 g/mol. The normalized spacial score (nSPS) is 10.5. The topological polar surface area (TPSA) is 119 Å². The smallest absolute Gasteiger partial charge is 0.437 e. The third-order valence-electron chi connectivity index (χ3n) is 2.89. The van der Waals surface area contributed by atoms with Crippen LogP contribution >= 0.6 is 11.3 Å². The molecule has 124 valence electrons. The van der Waals surface area contributed by atoms with E-state index in [1.165, 1.54) is 17.6 Å². The van der Waals surface area contributed by atoms with Crippen molar-refractivity contribution >= 4 is 23.3 Å². The first-order chi connectivity index (χ1) is 11.6. The predicted octanol–water partition coefficient (Wildman–Crippen LogP) is 1.18. The molecule has 3 aromatic heterocycles. The van der Waals surface area contributed by atoms with Crippen LogP contribution in [0.3, 0.4) is 0 Å². The van der Waals surface area contributed by atoms with E-state index in [1.54, 1.807) is 24.3 Å². The fourth-order valence-corrected chi connectivity index (χ4v) is 2.48. The second-order valence-electron chi connectivity index (χ2n) is 4.62. The monoisotopic (exact) mass is 348 g/mol. The zero-order chi connectivity index (χ0) is 16.9. The minimum Gasteiger partial charge on any atom is -0.467 e. The number of thiophene rings is 1. The number of carbonyl (C=O) groups is 2. The highest BCUT2D eigenvalue weighted by molar-refractivity contribution is 7.13. The molecule has 0 aliphatic rings. The van der Waals surface area contributed by atoms with Crippen LogP contribution in [0.15, 0.2) is 49.5 Å². The maximum Gasteiger partial charge on any atom is 0.437 e. The Morgan fingerprint density at radius 1 is 1.29 bits per heavy atom. The van der Waals surface area contributed by atoms with Crippen LogP contribution in [0.1, 0.15) is 5.76 Å². The molecule has 0 aliphatic heterocycles. The van der Waals surface area contributed by atoms with Gasteiger partial charge in [-0.3, -0.25) is 10.1 Å². The number of nitrogens with one attached hydrogen (secondary N) is 2. The van der Waals surface area contributed by atoms with Crippen LogP contribution in [0.25, 0.3) is 10.8 Å². The van der Waals surface area contributed by atoms with Gasteiger partial charge >= 0.3 is 11.8 Å². The van der Waals surface area contributed by atoms with Crippen LogP contribution in [0, 0.1) is 0 Å². The fraction of sp³-hybridized carbons (Fsp3) is 0.143. The Hall–Kier alpha value is -3.14. The van der Waals surface area contributed by atoms with Gasteiger partial charge in [0.2, 0.25) is 5.91 Å². The summed E-state index contributed by atoms with van der Waals surface area (Å²) >= 11 is 1.35. The minimum atomic E-state index is -0.774. The second-order valence-corrected chi connectivity index (χ2v) is 5.57. The third-order valence-corrected chi connectivity index (χ3v) is 3.75. The van der Waals surface area contributed by atoms with Crippen molar-refractivity contribution in [3.8, 4) is 10.8 Å². The summed E-state index contributed by atoms with van der Waals surface area (Å²) in [7, 11) is 0. The molecule has 0 unspecified atom stereocenters. The number of aromatic nitrogens is 2. The highest BCUT2D eigenvalue weighted by Gasteiger charge is 2.15. The Kier molecular flexibility index (Phi) is 4.57. The Morgan fingerprint density at radius 2 is 2.17 bits per heavy atom. The third kappa shape index (κ3) is 3.79. The Bertz CT molecular complexity index is 879. The van der Waals surface area contributed by atoms with Crippen molar-refractivity contribution in [2.75, 3.05) is 0 Å². The molecule has 3 rings (SSSR count). The van der Waals surface area contributed by atoms with Gasteiger partial charge < -0.3 is 14.2 Å². The van der Waals surface area contributed by atoms with E-state index in [2.05, 4.69) is 15.7 Å². The lowest BCUT2D eigenvalue weighted by Gasteiger charge is -2.04. The molecule has 10 heteroatoms. The van der Waals surface area contributed by atoms with Gasteiger partial charge in [-0.15, -0.1) is 16.4 Å². The molecule has 0 radical (unpaired) electrons. The van der Waals surface area contributed by atoms with Crippen molar-refractivity contribution in [1.82, 2.24) is 20.4 Å². The van der Waals surface area contributed by atoms with Crippen molar-refractivity contribution in [1.29, 1.82) is 0 Å². The van der Waals surface area contributed by atoms with Crippen molar-refractivity contribution in [3.63, 3.8) is 0 Å². The number of amides is 3. The van der Waals surface area contributed by atoms with Gasteiger partial charge in [0.1, 0.15) is 12.3 Å². The number of nitrogens with zero attached hydrogens (tertiary/aromatic N) is 2. The molecule has 3 amide bonds. The lowest BCUT2D eigenvalue weighted by Crippen LogP contribution is -2.41. The first-order valence-electron chi connectivity index (χ1n) is 6.84. The van der Waals surface area contributed by atoms with Crippen LogP contribution in [0.5, 0.6) is 0 Å². The standard InChI is InChI=1S/C14H12N4O5S/c19-11(16-13(20)15-7-9-3-1-5-22-9)8-18-14(21)23-12(17-18)10-4-2-6-24-10/h1-6H,7-8H2,(H2,15,16,19,20). The molecule has 9 nitrogen and oxygen atoms in total. The summed E-state index contributed by atoms with van der Waals surface area (Å²) in [5.74, 6) is -0.791. The Balaban J connectivity index is 1.55. The predicted molar refractivity (Wildman–Crippen MR) is 83.2 cm³/mol. The number of hydrogen-bond acceptors (Lipinski definition) is 7. The summed E-state index contributed by atoms with van der Waals surface area (Å²) < 4.78 is 10.9. The highest BCUT2D eigenvalue weighted by atomic mass is 32.1. The lowest BCUT2D eigenvalue weighted by molar-refractivity contribution is -0.120. The van der Waals surface area contributed by atoms with E-state index in [9.17, 15) is 14.4 Å². The SMILES string of the molecule is O=C(Cn1nc(-c2cccs2)oc1=O)NC(=O)NCc1ccco1. The summed E-state index contributed by atoms with van der Waals surface area (Å²) in [6.07, 6.45) is 1.47. The number of hydrogen-bond donors (Lipinski definition) is 2. The molecule has 24 heavy (non-hydrogen) atoms. The molecule has 0 fully saturated rings. The maximum atomic E-state index is 11.8. The van der Waals surface area contributed by atoms with Gasteiger partial charge in [0, 0.05) is 0 Å². The van der Waals surface area contributed by atoms with Crippen LogP contribution in [0.4, 0.5) is 4.79 Å². The van der Waals surface area contributed by atoms with Gasteiger partial charge in [-0.1, -0.05) is 6.07 Å². The summed E-state index contributed by atoms with van der Waals surface area (Å²) in [5.41, 5.74) is 0. The van der Waals surface area contributed by atoms with E-state index in [0.29, 0.717) is 10.6 Å². The Morgan fingerprint density at radius 3 is 2.88 bits per heavy atom. The van der Waals surface area contributed by atoms with Crippen LogP contribution in [0.2, 0.25) is 0 Å². The molecule has 0 aliphatic carbocycles. The van der Waals surface area contributed by atoms with Gasteiger partial charge in [0.25, 0.3) is 5.89 Å². The van der Waals surface area contributed by atoms with Crippen molar-refractivity contribution < 1.29 is 18.4 Å². The number of carbonyl (C=O) groups excluding carboxylic acids is 2. The minimum absolute atomic E-state index is 0.130. The number of rotatable bonds is 5. The quantitative estimate of drug-likeness (QED) is 0.714. The highest BCUT2D eigenvalue weighted by Crippen LogP contribution is 2.20. The molecule has 0 aromatic carbocycles. The Labute approximate surface area is 138 Å². The number of furan rings is 1. The average Bonchev–Trinajstić information content (AvgIpc) is 3.27. The van der Waals surface area contributed by atoms with E-state index in [0.717, 1.165) is 4.68 Å². The van der Waals surface area contributed by atoms with Crippen LogP contribution in [-0.2, 0) is 17.9 Å². The largest absolute Gasteiger partial charge is 0.467 e. The van der Waals surface area contributed by atoms with E-state index in [-0.39, 0.29) is 12.4 Å². The maximum absolute atomic E-state index is 11.8. The van der Waals surface area contributed by atoms with Gasteiger partial charge in [0.05, 0.1) is 17.7 Å². The molecule has 0 spiro atoms. The van der Waals surface area contributed by atoms with Gasteiger partial charge in [-0.05, 0) is 23.6 Å². The summed E-state index contributed by atoms with van der Waals surface area (Å²) in [4.78, 5) is 35.8. The van der Waals surface area contributed by atoms with E-state index < -0.39 is 24.2 Å². The second kappa shape index (κ2) is 6.96. The van der Waals surface area contributed by atoms with Crippen LogP contribution < -0.4 is 16.4 Å². The lowest BCUT2D eigenvalue weighted by atomic mass is 10.4. The molecule has 0 bridgehead atoms. The molecular weight excluding hydrogens is 336 g/mol. The zero-order valence-corrected chi connectivity index (χ0v) is 13.0. The summed E-state index contributed by atoms with van der Waals surface area (Å²) in [6, 6.07) is 6.19. The molecule has 0 saturated carbocycles. The summed E-state index contributed by atoms with van der Waals surface area (Å²) in [6.45, 7) is -0.291. The zero-order valence-electron chi connectivity index (χ0n) is 12.2. The van der Waals surface area contributed by atoms with Crippen molar-refractivity contribution in [2.24, 2.45) is 0 Å². The number of imide groups is 1. The van der Waals surface area contributed by atoms with E-state index >= 15 is 0 Å². The number of urea groups is 1. The molecule has 0 saturated heterocycles. The van der Waals surface area contributed by atoms with Gasteiger partial charge in [-0.25, -0.2) is 9.59 Å². The van der Waals surface area contributed by atoms with Crippen LogP contribution in [-0.4, -0.2) is 21.7 Å². The molecule has 0 atom stereocenters. The summed E-state index contributed by atoms with van der Waals surface area (Å²) in [5, 5.41) is 10.3. The van der Waals surface area contributed by atoms with Gasteiger partial charge in [0.15, 0.2) is 0 Å². The first-order valence-corrected chi connectivity index (χ1v) is 7.71. The van der Waals surface area contributed by atoms with Crippen molar-refractivity contribution in [2.45, 2.75) is 13.1 Å². The molecule has 3 heterocycles. The molecule has 3 aromatic rings. The van der Waals surface area contributed by atoms with E-state index in [4.69, 9.17) is 8.83 Å². The fourth-order valence-electron chi connectivity index (χ4n) is 1.83. The van der Waals surface area contributed by atoms with E-state index in [1.807, 2.05) is 5.38 Å². The van der Waals surface area contributed by atoms with Gasteiger partial charge in [-0.2, -0.15) is 4.68 Å².